The van der Waals surface area contributed by atoms with Crippen molar-refractivity contribution in [1.29, 1.82) is 0 Å². The van der Waals surface area contributed by atoms with Crippen LogP contribution in [0.15, 0.2) is 48.5 Å². The summed E-state index contributed by atoms with van der Waals surface area (Å²) in [6.45, 7) is 0. The summed E-state index contributed by atoms with van der Waals surface area (Å²) in [7, 11) is 0. The van der Waals surface area contributed by atoms with Gasteiger partial charge >= 0.3 is 12.0 Å². The standard InChI is InChI=1S/C17H13ClN2O4/c18-11-7-5-10(6-8-11)9-13-15(21)20(17(24)19-13)14-4-2-1-3-12(14)16(22)23/h1-8,13H,9H2,(H,19,24)(H,22,23). The molecule has 1 heterocycles. The van der Waals surface area contributed by atoms with E-state index in [1.807, 2.05) is 0 Å². The number of nitrogens with one attached hydrogen (secondary N) is 1. The van der Waals surface area contributed by atoms with E-state index < -0.39 is 23.9 Å². The third kappa shape index (κ3) is 2.96. The average Bonchev–Trinajstić information content (AvgIpc) is 2.83. The first-order chi connectivity index (χ1) is 11.5. The van der Waals surface area contributed by atoms with E-state index in [9.17, 15) is 19.5 Å². The number of benzene rings is 2. The summed E-state index contributed by atoms with van der Waals surface area (Å²) in [5, 5.41) is 12.4. The summed E-state index contributed by atoms with van der Waals surface area (Å²) in [6, 6.07) is 11.5. The van der Waals surface area contributed by atoms with E-state index in [4.69, 9.17) is 11.6 Å². The van der Waals surface area contributed by atoms with Crippen LogP contribution in [0.5, 0.6) is 0 Å². The summed E-state index contributed by atoms with van der Waals surface area (Å²) < 4.78 is 0. The predicted octanol–water partition coefficient (Wildman–Crippen LogP) is 2.71. The van der Waals surface area contributed by atoms with Crippen LogP contribution in [0.4, 0.5) is 10.5 Å². The second kappa shape index (κ2) is 6.33. The lowest BCUT2D eigenvalue weighted by atomic mass is 10.1. The van der Waals surface area contributed by atoms with Crippen LogP contribution in [0, 0.1) is 0 Å². The van der Waals surface area contributed by atoms with E-state index in [-0.39, 0.29) is 11.3 Å². The Balaban J connectivity index is 1.87. The Morgan fingerprint density at radius 2 is 1.79 bits per heavy atom. The molecule has 1 aliphatic heterocycles. The monoisotopic (exact) mass is 344 g/mol. The van der Waals surface area contributed by atoms with Crippen LogP contribution in [-0.4, -0.2) is 29.1 Å². The number of para-hydroxylation sites is 1. The van der Waals surface area contributed by atoms with Gasteiger partial charge in [-0.1, -0.05) is 35.9 Å². The van der Waals surface area contributed by atoms with Gasteiger partial charge in [-0.05, 0) is 29.8 Å². The zero-order valence-electron chi connectivity index (χ0n) is 12.4. The molecule has 0 saturated carbocycles. The third-order valence-corrected chi connectivity index (χ3v) is 4.00. The highest BCUT2D eigenvalue weighted by molar-refractivity contribution is 6.30. The number of anilines is 1. The Kier molecular flexibility index (Phi) is 4.22. The molecular formula is C17H13ClN2O4. The molecule has 1 saturated heterocycles. The van der Waals surface area contributed by atoms with Crippen LogP contribution in [0.25, 0.3) is 0 Å². The number of nitrogens with zero attached hydrogens (tertiary/aromatic N) is 1. The van der Waals surface area contributed by atoms with E-state index in [0.29, 0.717) is 11.4 Å². The Bertz CT molecular complexity index is 820. The van der Waals surface area contributed by atoms with Crippen LogP contribution in [0.2, 0.25) is 5.02 Å². The van der Waals surface area contributed by atoms with E-state index in [2.05, 4.69) is 5.32 Å². The topological polar surface area (TPSA) is 86.7 Å². The lowest BCUT2D eigenvalue weighted by Crippen LogP contribution is -2.33. The molecule has 2 N–H and O–H groups in total. The van der Waals surface area contributed by atoms with Crippen molar-refractivity contribution in [3.8, 4) is 0 Å². The molecule has 2 aromatic rings. The van der Waals surface area contributed by atoms with E-state index in [1.54, 1.807) is 30.3 Å². The van der Waals surface area contributed by atoms with Gasteiger partial charge in [-0.15, -0.1) is 0 Å². The number of carboxylic acid groups (broad SMARTS) is 1. The number of rotatable bonds is 4. The van der Waals surface area contributed by atoms with Gasteiger partial charge < -0.3 is 10.4 Å². The second-order valence-electron chi connectivity index (χ2n) is 5.33. The van der Waals surface area contributed by atoms with Gasteiger partial charge in [0, 0.05) is 11.4 Å². The number of carbonyl (C=O) groups is 3. The maximum atomic E-state index is 12.6. The number of imide groups is 1. The smallest absolute Gasteiger partial charge is 0.337 e. The Hall–Kier alpha value is -2.86. The Morgan fingerprint density at radius 3 is 2.46 bits per heavy atom. The van der Waals surface area contributed by atoms with Crippen molar-refractivity contribution in [2.45, 2.75) is 12.5 Å². The quantitative estimate of drug-likeness (QED) is 0.835. The maximum Gasteiger partial charge on any atom is 0.337 e. The Labute approximate surface area is 142 Å². The molecule has 3 rings (SSSR count). The van der Waals surface area contributed by atoms with Crippen molar-refractivity contribution in [2.24, 2.45) is 0 Å². The summed E-state index contributed by atoms with van der Waals surface area (Å²) in [5.41, 5.74) is 0.797. The van der Waals surface area contributed by atoms with Gasteiger partial charge in [0.05, 0.1) is 11.3 Å². The summed E-state index contributed by atoms with van der Waals surface area (Å²) in [5.74, 6) is -1.68. The lowest BCUT2D eigenvalue weighted by Gasteiger charge is -2.15. The SMILES string of the molecule is O=C(O)c1ccccc1N1C(=O)NC(Cc2ccc(Cl)cc2)C1=O. The zero-order chi connectivity index (χ0) is 17.3. The first-order valence-electron chi connectivity index (χ1n) is 7.18. The fourth-order valence-electron chi connectivity index (χ4n) is 2.60. The van der Waals surface area contributed by atoms with Crippen molar-refractivity contribution in [2.75, 3.05) is 4.90 Å². The van der Waals surface area contributed by atoms with Gasteiger partial charge in [-0.2, -0.15) is 0 Å². The molecule has 122 valence electrons. The first kappa shape index (κ1) is 16.0. The number of hydrogen-bond donors (Lipinski definition) is 2. The van der Waals surface area contributed by atoms with Gasteiger partial charge in [0.25, 0.3) is 5.91 Å². The number of carboxylic acids is 1. The summed E-state index contributed by atoms with van der Waals surface area (Å²) >= 11 is 5.83. The van der Waals surface area contributed by atoms with E-state index >= 15 is 0 Å². The van der Waals surface area contributed by atoms with Crippen LogP contribution in [0.1, 0.15) is 15.9 Å². The van der Waals surface area contributed by atoms with Crippen LogP contribution in [0.3, 0.4) is 0 Å². The molecule has 1 fully saturated rings. The molecule has 1 aliphatic rings. The van der Waals surface area contributed by atoms with E-state index in [1.165, 1.54) is 18.2 Å². The number of aromatic carboxylic acids is 1. The number of carbonyl (C=O) groups excluding carboxylic acids is 2. The molecule has 0 aromatic heterocycles. The second-order valence-corrected chi connectivity index (χ2v) is 5.77. The molecule has 0 bridgehead atoms. The summed E-state index contributed by atoms with van der Waals surface area (Å²) in [6.07, 6.45) is 0.299. The van der Waals surface area contributed by atoms with E-state index in [0.717, 1.165) is 10.5 Å². The normalized spacial score (nSPS) is 17.0. The van der Waals surface area contributed by atoms with Crippen molar-refractivity contribution in [3.05, 3.63) is 64.7 Å². The fraction of sp³-hybridized carbons (Fsp3) is 0.118. The van der Waals surface area contributed by atoms with Crippen LogP contribution >= 0.6 is 11.6 Å². The maximum absolute atomic E-state index is 12.6. The van der Waals surface area contributed by atoms with Gasteiger partial charge in [-0.25, -0.2) is 14.5 Å². The molecule has 0 aliphatic carbocycles. The number of hydrogen-bond acceptors (Lipinski definition) is 3. The largest absolute Gasteiger partial charge is 0.478 e. The number of urea groups is 1. The van der Waals surface area contributed by atoms with Crippen LogP contribution < -0.4 is 10.2 Å². The first-order valence-corrected chi connectivity index (χ1v) is 7.56. The highest BCUT2D eigenvalue weighted by Crippen LogP contribution is 2.25. The molecule has 6 nitrogen and oxygen atoms in total. The molecule has 2 aromatic carbocycles. The Morgan fingerprint density at radius 1 is 1.12 bits per heavy atom. The van der Waals surface area contributed by atoms with Gasteiger partial charge in [0.2, 0.25) is 0 Å². The average molecular weight is 345 g/mol. The predicted molar refractivity (Wildman–Crippen MR) is 88.4 cm³/mol. The van der Waals surface area contributed by atoms with Gasteiger partial charge in [-0.3, -0.25) is 4.79 Å². The number of halogens is 1. The highest BCUT2D eigenvalue weighted by Gasteiger charge is 2.40. The van der Waals surface area contributed by atoms with Crippen molar-refractivity contribution >= 4 is 35.2 Å². The molecule has 3 amide bonds. The lowest BCUT2D eigenvalue weighted by molar-refractivity contribution is -0.118. The minimum absolute atomic E-state index is 0.0612. The van der Waals surface area contributed by atoms with Gasteiger partial charge in [0.15, 0.2) is 0 Å². The molecular weight excluding hydrogens is 332 g/mol. The minimum atomic E-state index is -1.20. The number of amides is 3. The summed E-state index contributed by atoms with van der Waals surface area (Å²) in [4.78, 5) is 37.0. The minimum Gasteiger partial charge on any atom is -0.478 e. The molecule has 0 spiro atoms. The van der Waals surface area contributed by atoms with Crippen molar-refractivity contribution < 1.29 is 19.5 Å². The van der Waals surface area contributed by atoms with Crippen molar-refractivity contribution in [3.63, 3.8) is 0 Å². The molecule has 0 radical (unpaired) electrons. The molecule has 1 atom stereocenters. The molecule has 7 heteroatoms. The van der Waals surface area contributed by atoms with Crippen LogP contribution in [-0.2, 0) is 11.2 Å². The highest BCUT2D eigenvalue weighted by atomic mass is 35.5. The van der Waals surface area contributed by atoms with Crippen molar-refractivity contribution in [1.82, 2.24) is 5.32 Å². The van der Waals surface area contributed by atoms with Gasteiger partial charge in [0.1, 0.15) is 6.04 Å². The molecule has 24 heavy (non-hydrogen) atoms. The third-order valence-electron chi connectivity index (χ3n) is 3.75. The fourth-order valence-corrected chi connectivity index (χ4v) is 2.73. The zero-order valence-corrected chi connectivity index (χ0v) is 13.2. The molecule has 1 unspecified atom stereocenters.